The minimum Gasteiger partial charge on any atom is -0.453 e. The third kappa shape index (κ3) is 1.87. The largest absolute Gasteiger partial charge is 0.453 e. The van der Waals surface area contributed by atoms with Gasteiger partial charge in [-0.2, -0.15) is 0 Å². The molecule has 0 radical (unpaired) electrons. The van der Waals surface area contributed by atoms with Gasteiger partial charge in [0.1, 0.15) is 5.54 Å². The van der Waals surface area contributed by atoms with Crippen molar-refractivity contribution in [3.63, 3.8) is 0 Å². The van der Waals surface area contributed by atoms with E-state index in [0.717, 1.165) is 4.90 Å². The van der Waals surface area contributed by atoms with Crippen molar-refractivity contribution in [3.05, 3.63) is 0 Å². The standard InChI is InChI=1S/C7H14N2O3/c1-7(2,5(8)10)9(3)6(11)12-4/h1-4H3,(H2,8,10). The first kappa shape index (κ1) is 10.7. The molecule has 0 aliphatic rings. The number of amides is 2. The lowest BCUT2D eigenvalue weighted by molar-refractivity contribution is -0.126. The lowest BCUT2D eigenvalue weighted by Gasteiger charge is -2.30. The Kier molecular flexibility index (Phi) is 3.06. The molecule has 0 rings (SSSR count). The van der Waals surface area contributed by atoms with Crippen LogP contribution in [0.15, 0.2) is 0 Å². The van der Waals surface area contributed by atoms with Crippen LogP contribution in [-0.4, -0.2) is 36.6 Å². The molecule has 0 fully saturated rings. The van der Waals surface area contributed by atoms with Crippen molar-refractivity contribution in [2.45, 2.75) is 19.4 Å². The molecule has 0 saturated carbocycles. The zero-order valence-corrected chi connectivity index (χ0v) is 7.75. The van der Waals surface area contributed by atoms with E-state index in [1.165, 1.54) is 14.2 Å². The summed E-state index contributed by atoms with van der Waals surface area (Å²) in [5, 5.41) is 0. The number of hydrogen-bond donors (Lipinski definition) is 1. The summed E-state index contributed by atoms with van der Waals surface area (Å²) in [4.78, 5) is 23.0. The molecule has 0 saturated heterocycles. The van der Waals surface area contributed by atoms with Gasteiger partial charge in [0.2, 0.25) is 5.91 Å². The summed E-state index contributed by atoms with van der Waals surface area (Å²) in [5.41, 5.74) is 4.05. The molecule has 0 atom stereocenters. The first-order valence-electron chi connectivity index (χ1n) is 3.45. The molecule has 0 aliphatic carbocycles. The summed E-state index contributed by atoms with van der Waals surface area (Å²) in [5.74, 6) is -0.574. The van der Waals surface area contributed by atoms with Gasteiger partial charge in [0.05, 0.1) is 7.11 Å². The Morgan fingerprint density at radius 2 is 1.83 bits per heavy atom. The van der Waals surface area contributed by atoms with Gasteiger partial charge in [0.25, 0.3) is 0 Å². The highest BCUT2D eigenvalue weighted by Gasteiger charge is 2.33. The number of hydrogen-bond acceptors (Lipinski definition) is 3. The molecule has 0 bridgehead atoms. The first-order valence-corrected chi connectivity index (χ1v) is 3.45. The van der Waals surface area contributed by atoms with Crippen LogP contribution in [0.5, 0.6) is 0 Å². The van der Waals surface area contributed by atoms with Gasteiger partial charge in [-0.05, 0) is 13.8 Å². The van der Waals surface area contributed by atoms with Gasteiger partial charge in [0.15, 0.2) is 0 Å². The monoisotopic (exact) mass is 174 g/mol. The van der Waals surface area contributed by atoms with E-state index in [9.17, 15) is 9.59 Å². The van der Waals surface area contributed by atoms with Gasteiger partial charge in [-0.15, -0.1) is 0 Å². The lowest BCUT2D eigenvalue weighted by atomic mass is 10.0. The third-order valence-electron chi connectivity index (χ3n) is 1.89. The van der Waals surface area contributed by atoms with Crippen LogP contribution < -0.4 is 5.73 Å². The molecule has 2 N–H and O–H groups in total. The maximum Gasteiger partial charge on any atom is 0.410 e. The highest BCUT2D eigenvalue weighted by molar-refractivity contribution is 5.87. The van der Waals surface area contributed by atoms with Crippen LogP contribution in [0.1, 0.15) is 13.8 Å². The molecule has 5 heteroatoms. The zero-order valence-electron chi connectivity index (χ0n) is 7.75. The molecule has 0 spiro atoms. The molecule has 0 aliphatic heterocycles. The van der Waals surface area contributed by atoms with Crippen LogP contribution in [-0.2, 0) is 9.53 Å². The maximum absolute atomic E-state index is 11.0. The van der Waals surface area contributed by atoms with E-state index < -0.39 is 17.5 Å². The Hall–Kier alpha value is -1.26. The van der Waals surface area contributed by atoms with Crippen molar-refractivity contribution >= 4 is 12.0 Å². The second-order valence-corrected chi connectivity index (χ2v) is 2.95. The fourth-order valence-corrected chi connectivity index (χ4v) is 0.530. The Balaban J connectivity index is 4.56. The number of carbonyl (C=O) groups is 2. The van der Waals surface area contributed by atoms with E-state index in [-0.39, 0.29) is 0 Å². The van der Waals surface area contributed by atoms with Crippen molar-refractivity contribution in [2.24, 2.45) is 5.73 Å². The van der Waals surface area contributed by atoms with E-state index in [4.69, 9.17) is 5.73 Å². The van der Waals surface area contributed by atoms with E-state index in [2.05, 4.69) is 4.74 Å². The number of ether oxygens (including phenoxy) is 1. The summed E-state index contributed by atoms with van der Waals surface area (Å²) in [7, 11) is 2.70. The van der Waals surface area contributed by atoms with Gasteiger partial charge < -0.3 is 10.5 Å². The third-order valence-corrected chi connectivity index (χ3v) is 1.89. The maximum atomic E-state index is 11.0. The lowest BCUT2D eigenvalue weighted by Crippen LogP contribution is -2.53. The second kappa shape index (κ2) is 3.42. The Morgan fingerprint density at radius 3 is 2.08 bits per heavy atom. The summed E-state index contributed by atoms with van der Waals surface area (Å²) in [6.07, 6.45) is -0.584. The van der Waals surface area contributed by atoms with Gasteiger partial charge in [-0.3, -0.25) is 9.69 Å². The molecule has 2 amide bonds. The molecule has 0 aromatic heterocycles. The highest BCUT2D eigenvalue weighted by Crippen LogP contribution is 2.11. The number of likely N-dealkylation sites (N-methyl/N-ethyl adjacent to an activating group) is 1. The molecule has 0 aromatic rings. The fraction of sp³-hybridized carbons (Fsp3) is 0.714. The zero-order chi connectivity index (χ0) is 9.94. The average molecular weight is 174 g/mol. The minimum absolute atomic E-state index is 0.574. The van der Waals surface area contributed by atoms with Crippen molar-refractivity contribution < 1.29 is 14.3 Å². The molecule has 12 heavy (non-hydrogen) atoms. The van der Waals surface area contributed by atoms with Gasteiger partial charge in [-0.1, -0.05) is 0 Å². The van der Waals surface area contributed by atoms with Crippen LogP contribution in [0.25, 0.3) is 0 Å². The Morgan fingerprint density at radius 1 is 1.42 bits per heavy atom. The molecule has 0 aromatic carbocycles. The van der Waals surface area contributed by atoms with Gasteiger partial charge in [0, 0.05) is 7.05 Å². The van der Waals surface area contributed by atoms with Crippen LogP contribution in [0.3, 0.4) is 0 Å². The Labute approximate surface area is 71.5 Å². The summed E-state index contributed by atoms with van der Waals surface area (Å²) in [6.45, 7) is 3.10. The molecule has 5 nitrogen and oxygen atoms in total. The van der Waals surface area contributed by atoms with Crippen LogP contribution >= 0.6 is 0 Å². The smallest absolute Gasteiger partial charge is 0.410 e. The molecule has 0 unspecified atom stereocenters. The van der Waals surface area contributed by atoms with Crippen LogP contribution in [0.4, 0.5) is 4.79 Å². The molecule has 70 valence electrons. The molecule has 0 heterocycles. The summed E-state index contributed by atoms with van der Waals surface area (Å²) in [6, 6.07) is 0. The fourth-order valence-electron chi connectivity index (χ4n) is 0.530. The quantitative estimate of drug-likeness (QED) is 0.637. The minimum atomic E-state index is -1.02. The van der Waals surface area contributed by atoms with Crippen LogP contribution in [0, 0.1) is 0 Å². The SMILES string of the molecule is COC(=O)N(C)C(C)(C)C(N)=O. The number of nitrogens with two attached hydrogens (primary N) is 1. The van der Waals surface area contributed by atoms with E-state index >= 15 is 0 Å². The van der Waals surface area contributed by atoms with E-state index in [0.29, 0.717) is 0 Å². The number of methoxy groups -OCH3 is 1. The van der Waals surface area contributed by atoms with Crippen LogP contribution in [0.2, 0.25) is 0 Å². The molecular formula is C7H14N2O3. The predicted octanol–water partition coefficient (Wildman–Crippen LogP) is -0.0515. The van der Waals surface area contributed by atoms with E-state index in [1.807, 2.05) is 0 Å². The first-order chi connectivity index (χ1) is 5.34. The molecular weight excluding hydrogens is 160 g/mol. The number of rotatable bonds is 2. The van der Waals surface area contributed by atoms with E-state index in [1.54, 1.807) is 13.8 Å². The Bertz CT molecular complexity index is 201. The summed E-state index contributed by atoms with van der Waals surface area (Å²) >= 11 is 0. The van der Waals surface area contributed by atoms with Crippen molar-refractivity contribution in [3.8, 4) is 0 Å². The number of nitrogens with zero attached hydrogens (tertiary/aromatic N) is 1. The summed E-state index contributed by atoms with van der Waals surface area (Å²) < 4.78 is 4.43. The number of primary amides is 1. The number of carbonyl (C=O) groups excluding carboxylic acids is 2. The second-order valence-electron chi connectivity index (χ2n) is 2.95. The van der Waals surface area contributed by atoms with Gasteiger partial charge in [-0.25, -0.2) is 4.79 Å². The van der Waals surface area contributed by atoms with Crippen molar-refractivity contribution in [1.29, 1.82) is 0 Å². The van der Waals surface area contributed by atoms with Crippen molar-refractivity contribution in [2.75, 3.05) is 14.2 Å². The average Bonchev–Trinajstić information content (AvgIpc) is 2.01. The topological polar surface area (TPSA) is 72.6 Å². The normalized spacial score (nSPS) is 10.7. The highest BCUT2D eigenvalue weighted by atomic mass is 16.5. The van der Waals surface area contributed by atoms with Gasteiger partial charge >= 0.3 is 6.09 Å². The van der Waals surface area contributed by atoms with Crippen molar-refractivity contribution in [1.82, 2.24) is 4.90 Å². The predicted molar refractivity (Wildman–Crippen MR) is 43.4 cm³/mol.